The van der Waals surface area contributed by atoms with Crippen LogP contribution in [0.3, 0.4) is 0 Å². The van der Waals surface area contributed by atoms with Gasteiger partial charge < -0.3 is 15.0 Å². The van der Waals surface area contributed by atoms with Gasteiger partial charge in [-0.1, -0.05) is 20.3 Å². The van der Waals surface area contributed by atoms with Crippen molar-refractivity contribution in [2.75, 3.05) is 33.8 Å². The lowest BCUT2D eigenvalue weighted by molar-refractivity contribution is -0.140. The van der Waals surface area contributed by atoms with E-state index in [1.807, 2.05) is 0 Å². The van der Waals surface area contributed by atoms with Crippen LogP contribution in [0, 0.1) is 5.41 Å². The lowest BCUT2D eigenvalue weighted by atomic mass is 9.78. The molecule has 0 saturated carbocycles. The van der Waals surface area contributed by atoms with Crippen LogP contribution in [0.15, 0.2) is 4.99 Å². The number of halogens is 1. The number of guanidine groups is 1. The van der Waals surface area contributed by atoms with Crippen molar-refractivity contribution in [2.24, 2.45) is 10.4 Å². The Morgan fingerprint density at radius 3 is 2.76 bits per heavy atom. The Morgan fingerprint density at radius 1 is 1.48 bits per heavy atom. The van der Waals surface area contributed by atoms with Crippen molar-refractivity contribution in [3.63, 3.8) is 0 Å². The highest BCUT2D eigenvalue weighted by Gasteiger charge is 2.31. The van der Waals surface area contributed by atoms with Gasteiger partial charge in [-0.3, -0.25) is 9.79 Å². The maximum Gasteiger partial charge on any atom is 0.307 e. The Hall–Kier alpha value is -0.530. The highest BCUT2D eigenvalue weighted by Crippen LogP contribution is 2.33. The first-order chi connectivity index (χ1) is 9.54. The van der Waals surface area contributed by atoms with Crippen LogP contribution in [0.1, 0.15) is 46.0 Å². The number of hydrogen-bond donors (Lipinski definition) is 1. The number of likely N-dealkylation sites (tertiary alicyclic amines) is 1. The molecule has 1 atom stereocenters. The Labute approximate surface area is 145 Å². The molecule has 1 aliphatic rings. The molecule has 0 aromatic rings. The van der Waals surface area contributed by atoms with Crippen molar-refractivity contribution in [2.45, 2.75) is 46.0 Å². The molecule has 6 heteroatoms. The maximum absolute atomic E-state index is 11.1. The largest absolute Gasteiger partial charge is 0.469 e. The van der Waals surface area contributed by atoms with E-state index in [0.717, 1.165) is 19.0 Å². The quantitative estimate of drug-likeness (QED) is 0.327. The van der Waals surface area contributed by atoms with Crippen LogP contribution in [-0.2, 0) is 9.53 Å². The minimum absolute atomic E-state index is 0. The monoisotopic (exact) mass is 411 g/mol. The number of hydrogen-bond acceptors (Lipinski definition) is 3. The molecule has 124 valence electrons. The van der Waals surface area contributed by atoms with Gasteiger partial charge >= 0.3 is 5.97 Å². The fourth-order valence-corrected chi connectivity index (χ4v) is 3.01. The number of nitrogens with zero attached hydrogens (tertiary/aromatic N) is 2. The summed E-state index contributed by atoms with van der Waals surface area (Å²) in [6.07, 6.45) is 5.33. The molecule has 1 rings (SSSR count). The summed E-state index contributed by atoms with van der Waals surface area (Å²) < 4.78 is 4.64. The fraction of sp³-hybridized carbons (Fsp3) is 0.867. The van der Waals surface area contributed by atoms with Gasteiger partial charge in [-0.05, 0) is 24.7 Å². The van der Waals surface area contributed by atoms with Crippen LogP contribution in [0.5, 0.6) is 0 Å². The summed E-state index contributed by atoms with van der Waals surface area (Å²) in [5.74, 6) is 0.707. The Balaban J connectivity index is 0.00000400. The van der Waals surface area contributed by atoms with Crippen LogP contribution in [0.4, 0.5) is 0 Å². The molecule has 0 amide bonds. The summed E-state index contributed by atoms with van der Waals surface area (Å²) in [5.41, 5.74) is 0.382. The number of carbonyl (C=O) groups excluding carboxylic acids is 1. The topological polar surface area (TPSA) is 53.9 Å². The van der Waals surface area contributed by atoms with Gasteiger partial charge in [-0.2, -0.15) is 0 Å². The first kappa shape index (κ1) is 20.5. The Kier molecular flexibility index (Phi) is 9.98. The van der Waals surface area contributed by atoms with E-state index >= 15 is 0 Å². The first-order valence-electron chi connectivity index (χ1n) is 7.57. The number of carbonyl (C=O) groups is 1. The van der Waals surface area contributed by atoms with Gasteiger partial charge in [0.25, 0.3) is 0 Å². The molecule has 1 saturated heterocycles. The summed E-state index contributed by atoms with van der Waals surface area (Å²) in [7, 11) is 3.21. The minimum Gasteiger partial charge on any atom is -0.469 e. The molecule has 1 unspecified atom stereocenters. The van der Waals surface area contributed by atoms with E-state index < -0.39 is 0 Å². The van der Waals surface area contributed by atoms with Gasteiger partial charge in [-0.15, -0.1) is 24.0 Å². The van der Waals surface area contributed by atoms with Crippen molar-refractivity contribution < 1.29 is 9.53 Å². The molecular weight excluding hydrogens is 381 g/mol. The molecule has 0 radical (unpaired) electrons. The average Bonchev–Trinajstić information content (AvgIpc) is 2.43. The van der Waals surface area contributed by atoms with E-state index in [1.54, 1.807) is 7.05 Å². The Bertz CT molecular complexity index is 346. The molecule has 0 aliphatic carbocycles. The number of esters is 1. The molecule has 1 aliphatic heterocycles. The highest BCUT2D eigenvalue weighted by molar-refractivity contribution is 14.0. The van der Waals surface area contributed by atoms with Crippen molar-refractivity contribution >= 4 is 35.9 Å². The second-order valence-corrected chi connectivity index (χ2v) is 5.89. The molecule has 0 aromatic heterocycles. The highest BCUT2D eigenvalue weighted by atomic mass is 127. The van der Waals surface area contributed by atoms with E-state index in [-0.39, 0.29) is 29.9 Å². The predicted molar refractivity (Wildman–Crippen MR) is 97.2 cm³/mol. The number of methoxy groups -OCH3 is 1. The van der Waals surface area contributed by atoms with Gasteiger partial charge in [0.05, 0.1) is 13.5 Å². The van der Waals surface area contributed by atoms with E-state index in [4.69, 9.17) is 0 Å². The Morgan fingerprint density at radius 2 is 2.19 bits per heavy atom. The summed E-state index contributed by atoms with van der Waals surface area (Å²) in [6.45, 7) is 7.26. The fourth-order valence-electron chi connectivity index (χ4n) is 3.01. The normalized spacial score (nSPS) is 22.5. The number of ether oxygens (including phenoxy) is 1. The molecule has 1 N–H and O–H groups in total. The van der Waals surface area contributed by atoms with Gasteiger partial charge in [0, 0.05) is 26.7 Å². The van der Waals surface area contributed by atoms with Crippen molar-refractivity contribution in [3.8, 4) is 0 Å². The maximum atomic E-state index is 11.1. The first-order valence-corrected chi connectivity index (χ1v) is 7.57. The standard InChI is InChI=1S/C15H29N3O2.HI/c1-5-8-15(2)9-6-11-18(12-15)14(16-3)17-10-7-13(19)20-4;/h5-12H2,1-4H3,(H,16,17);1H. The summed E-state index contributed by atoms with van der Waals surface area (Å²) in [5, 5.41) is 3.26. The van der Waals surface area contributed by atoms with Crippen LogP contribution < -0.4 is 5.32 Å². The number of rotatable bonds is 5. The number of nitrogens with one attached hydrogen (secondary N) is 1. The van der Waals surface area contributed by atoms with E-state index in [0.29, 0.717) is 18.4 Å². The third-order valence-electron chi connectivity index (χ3n) is 3.99. The molecule has 0 bridgehead atoms. The number of piperidine rings is 1. The molecular formula is C15H30IN3O2. The average molecular weight is 411 g/mol. The van der Waals surface area contributed by atoms with Crippen molar-refractivity contribution in [3.05, 3.63) is 0 Å². The van der Waals surface area contributed by atoms with Crippen molar-refractivity contribution in [1.82, 2.24) is 10.2 Å². The lowest BCUT2D eigenvalue weighted by Gasteiger charge is -2.42. The van der Waals surface area contributed by atoms with Gasteiger partial charge in [-0.25, -0.2) is 0 Å². The van der Waals surface area contributed by atoms with Crippen LogP contribution in [0.25, 0.3) is 0 Å². The lowest BCUT2D eigenvalue weighted by Crippen LogP contribution is -2.50. The minimum atomic E-state index is -0.192. The van der Waals surface area contributed by atoms with Crippen LogP contribution >= 0.6 is 24.0 Å². The smallest absolute Gasteiger partial charge is 0.307 e. The van der Waals surface area contributed by atoms with E-state index in [2.05, 4.69) is 33.8 Å². The zero-order chi connectivity index (χ0) is 15.0. The summed E-state index contributed by atoms with van der Waals surface area (Å²) in [6, 6.07) is 0. The SMILES string of the molecule is CCCC1(C)CCCN(C(=NC)NCCC(=O)OC)C1.I. The predicted octanol–water partition coefficient (Wildman–Crippen LogP) is 2.65. The molecule has 0 aromatic carbocycles. The number of aliphatic imine (C=N–C) groups is 1. The zero-order valence-electron chi connectivity index (χ0n) is 13.8. The van der Waals surface area contributed by atoms with Crippen LogP contribution in [0.2, 0.25) is 0 Å². The third-order valence-corrected chi connectivity index (χ3v) is 3.99. The molecule has 1 heterocycles. The molecule has 0 spiro atoms. The summed E-state index contributed by atoms with van der Waals surface area (Å²) in [4.78, 5) is 17.8. The second-order valence-electron chi connectivity index (χ2n) is 5.89. The van der Waals surface area contributed by atoms with E-state index in [9.17, 15) is 4.79 Å². The van der Waals surface area contributed by atoms with Gasteiger partial charge in [0.1, 0.15) is 0 Å². The van der Waals surface area contributed by atoms with Crippen molar-refractivity contribution in [1.29, 1.82) is 0 Å². The molecule has 21 heavy (non-hydrogen) atoms. The summed E-state index contributed by atoms with van der Waals surface area (Å²) >= 11 is 0. The molecule has 1 fully saturated rings. The van der Waals surface area contributed by atoms with E-state index in [1.165, 1.54) is 32.8 Å². The van der Waals surface area contributed by atoms with Crippen LogP contribution in [-0.4, -0.2) is 50.6 Å². The van der Waals surface area contributed by atoms with Gasteiger partial charge in [0.15, 0.2) is 5.96 Å². The molecule has 5 nitrogen and oxygen atoms in total. The zero-order valence-corrected chi connectivity index (χ0v) is 16.1. The van der Waals surface area contributed by atoms with Gasteiger partial charge in [0.2, 0.25) is 0 Å². The second kappa shape index (κ2) is 10.2. The third kappa shape index (κ3) is 6.84.